The molecule has 0 unspecified atom stereocenters. The van der Waals surface area contributed by atoms with Gasteiger partial charge in [0.1, 0.15) is 0 Å². The molecular weight excluding hydrogens is 248 g/mol. The van der Waals surface area contributed by atoms with Gasteiger partial charge in [0.2, 0.25) is 0 Å². The van der Waals surface area contributed by atoms with Crippen molar-refractivity contribution in [2.45, 2.75) is 13.8 Å². The molecule has 0 heterocycles. The molecule has 3 aromatic rings. The Labute approximate surface area is 117 Å². The Morgan fingerprint density at radius 1 is 0.600 bits per heavy atom. The smallest absolute Gasteiger partial charge is 0.161 e. The highest BCUT2D eigenvalue weighted by molar-refractivity contribution is 6.26. The highest BCUT2D eigenvalue weighted by Crippen LogP contribution is 2.33. The summed E-state index contributed by atoms with van der Waals surface area (Å²) in [6, 6.07) is 15.5. The largest absolute Gasteiger partial charge is 0.294 e. The van der Waals surface area contributed by atoms with Crippen LogP contribution in [0, 0.1) is 0 Å². The van der Waals surface area contributed by atoms with Crippen LogP contribution < -0.4 is 0 Å². The first-order chi connectivity index (χ1) is 9.61. The predicted molar refractivity (Wildman–Crippen MR) is 81.5 cm³/mol. The van der Waals surface area contributed by atoms with Crippen LogP contribution in [0.25, 0.3) is 21.5 Å². The van der Waals surface area contributed by atoms with Gasteiger partial charge in [-0.05, 0) is 35.4 Å². The first-order valence-corrected chi connectivity index (χ1v) is 6.56. The van der Waals surface area contributed by atoms with Crippen molar-refractivity contribution in [1.82, 2.24) is 0 Å². The lowest BCUT2D eigenvalue weighted by Gasteiger charge is -2.13. The molecule has 0 amide bonds. The Morgan fingerprint density at radius 3 is 1.20 bits per heavy atom. The van der Waals surface area contributed by atoms with Crippen molar-refractivity contribution in [2.24, 2.45) is 0 Å². The van der Waals surface area contributed by atoms with Crippen LogP contribution in [-0.2, 0) is 0 Å². The van der Waals surface area contributed by atoms with Crippen LogP contribution in [0.15, 0.2) is 48.5 Å². The summed E-state index contributed by atoms with van der Waals surface area (Å²) in [6.45, 7) is 3.03. The maximum absolute atomic E-state index is 12.1. The van der Waals surface area contributed by atoms with Crippen molar-refractivity contribution in [3.05, 3.63) is 59.7 Å². The van der Waals surface area contributed by atoms with Gasteiger partial charge < -0.3 is 0 Å². The van der Waals surface area contributed by atoms with Crippen molar-refractivity contribution < 1.29 is 9.59 Å². The molecule has 0 aromatic heterocycles. The van der Waals surface area contributed by atoms with Crippen molar-refractivity contribution in [2.75, 3.05) is 0 Å². The third-order valence-corrected chi connectivity index (χ3v) is 3.64. The van der Waals surface area contributed by atoms with Gasteiger partial charge in [-0.2, -0.15) is 0 Å². The molecule has 0 N–H and O–H groups in total. The van der Waals surface area contributed by atoms with Crippen molar-refractivity contribution in [3.8, 4) is 0 Å². The van der Waals surface area contributed by atoms with Gasteiger partial charge in [0.15, 0.2) is 11.6 Å². The molecule has 2 nitrogen and oxygen atoms in total. The van der Waals surface area contributed by atoms with Gasteiger partial charge in [-0.15, -0.1) is 0 Å². The number of carbonyl (C=O) groups excluding carboxylic acids is 2. The summed E-state index contributed by atoms with van der Waals surface area (Å²) in [5.41, 5.74) is 1.07. The van der Waals surface area contributed by atoms with Gasteiger partial charge in [-0.1, -0.05) is 48.5 Å². The van der Waals surface area contributed by atoms with Gasteiger partial charge in [0, 0.05) is 11.1 Å². The van der Waals surface area contributed by atoms with E-state index < -0.39 is 0 Å². The van der Waals surface area contributed by atoms with E-state index >= 15 is 0 Å². The molecule has 0 saturated carbocycles. The molecule has 0 aliphatic carbocycles. The quantitative estimate of drug-likeness (QED) is 0.506. The second kappa shape index (κ2) is 4.57. The number of fused-ring (bicyclic) bond motifs is 3. The first-order valence-electron chi connectivity index (χ1n) is 6.56. The lowest BCUT2D eigenvalue weighted by atomic mass is 9.88. The Kier molecular flexibility index (Phi) is 2.87. The maximum atomic E-state index is 12.1. The van der Waals surface area contributed by atoms with E-state index in [1.807, 2.05) is 48.5 Å². The van der Waals surface area contributed by atoms with Gasteiger partial charge in [-0.3, -0.25) is 9.59 Å². The Bertz CT molecular complexity index is 787. The fourth-order valence-corrected chi connectivity index (χ4v) is 2.87. The number of hydrogen-bond acceptors (Lipinski definition) is 2. The molecule has 0 atom stereocenters. The van der Waals surface area contributed by atoms with E-state index in [0.717, 1.165) is 21.5 Å². The molecule has 98 valence electrons. The average Bonchev–Trinajstić information content (AvgIpc) is 2.45. The summed E-state index contributed by atoms with van der Waals surface area (Å²) in [4.78, 5) is 24.2. The zero-order valence-electron chi connectivity index (χ0n) is 11.4. The number of ketones is 2. The molecule has 0 aliphatic rings. The number of carbonyl (C=O) groups is 2. The summed E-state index contributed by atoms with van der Waals surface area (Å²) >= 11 is 0. The van der Waals surface area contributed by atoms with Crippen molar-refractivity contribution >= 4 is 33.1 Å². The minimum atomic E-state index is -0.0721. The molecule has 0 saturated heterocycles. The number of rotatable bonds is 2. The number of Topliss-reactive ketones (excluding diaryl/α,β-unsaturated/α-hetero) is 2. The fourth-order valence-electron chi connectivity index (χ4n) is 2.87. The van der Waals surface area contributed by atoms with Gasteiger partial charge >= 0.3 is 0 Å². The summed E-state index contributed by atoms with van der Waals surface area (Å²) in [6.07, 6.45) is 0. The van der Waals surface area contributed by atoms with Crippen LogP contribution in [0.1, 0.15) is 34.6 Å². The highest BCUT2D eigenvalue weighted by Gasteiger charge is 2.19. The highest BCUT2D eigenvalue weighted by atomic mass is 16.1. The minimum absolute atomic E-state index is 0.0721. The van der Waals surface area contributed by atoms with Crippen LogP contribution in [0.2, 0.25) is 0 Å². The molecule has 0 bridgehead atoms. The second-order valence-electron chi connectivity index (χ2n) is 4.95. The van der Waals surface area contributed by atoms with Gasteiger partial charge in [0.05, 0.1) is 0 Å². The number of hydrogen-bond donors (Lipinski definition) is 0. The Hall–Kier alpha value is -2.48. The molecule has 0 aliphatic heterocycles. The summed E-state index contributed by atoms with van der Waals surface area (Å²) in [5.74, 6) is -0.144. The lowest BCUT2D eigenvalue weighted by molar-refractivity contribution is 0.0983. The van der Waals surface area contributed by atoms with Crippen LogP contribution in [0.3, 0.4) is 0 Å². The minimum Gasteiger partial charge on any atom is -0.294 e. The van der Waals surface area contributed by atoms with E-state index in [2.05, 4.69) is 0 Å². The Balaban J connectivity index is 2.69. The van der Waals surface area contributed by atoms with E-state index in [4.69, 9.17) is 0 Å². The SMILES string of the molecule is CC(=O)c1c(C(C)=O)c2ccccc2c2ccccc12. The van der Waals surface area contributed by atoms with E-state index in [1.54, 1.807) is 0 Å². The molecule has 20 heavy (non-hydrogen) atoms. The molecule has 3 rings (SSSR count). The van der Waals surface area contributed by atoms with Crippen LogP contribution >= 0.6 is 0 Å². The first kappa shape index (κ1) is 12.5. The molecule has 0 fully saturated rings. The molecule has 2 heteroatoms. The molecule has 0 radical (unpaired) electrons. The monoisotopic (exact) mass is 262 g/mol. The van der Waals surface area contributed by atoms with E-state index in [1.165, 1.54) is 13.8 Å². The predicted octanol–water partition coefficient (Wildman–Crippen LogP) is 4.40. The summed E-state index contributed by atoms with van der Waals surface area (Å²) in [7, 11) is 0. The third-order valence-electron chi connectivity index (χ3n) is 3.64. The van der Waals surface area contributed by atoms with Crippen LogP contribution in [-0.4, -0.2) is 11.6 Å². The summed E-state index contributed by atoms with van der Waals surface area (Å²) in [5, 5.41) is 3.73. The van der Waals surface area contributed by atoms with Crippen molar-refractivity contribution in [1.29, 1.82) is 0 Å². The summed E-state index contributed by atoms with van der Waals surface area (Å²) < 4.78 is 0. The van der Waals surface area contributed by atoms with E-state index in [0.29, 0.717) is 11.1 Å². The number of benzene rings is 3. The molecule has 3 aromatic carbocycles. The topological polar surface area (TPSA) is 34.1 Å². The molecular formula is C18H14O2. The van der Waals surface area contributed by atoms with Crippen LogP contribution in [0.4, 0.5) is 0 Å². The maximum Gasteiger partial charge on any atom is 0.161 e. The van der Waals surface area contributed by atoms with Crippen molar-refractivity contribution in [3.63, 3.8) is 0 Å². The fraction of sp³-hybridized carbons (Fsp3) is 0.111. The van der Waals surface area contributed by atoms with Crippen LogP contribution in [0.5, 0.6) is 0 Å². The standard InChI is InChI=1S/C18H14O2/c1-11(19)17-15-9-5-3-7-13(15)14-8-4-6-10-16(14)18(17)12(2)20/h3-10H,1-2H3. The van der Waals surface area contributed by atoms with E-state index in [9.17, 15) is 9.59 Å². The third kappa shape index (κ3) is 1.73. The zero-order chi connectivity index (χ0) is 14.3. The molecule has 0 spiro atoms. The second-order valence-corrected chi connectivity index (χ2v) is 4.95. The lowest BCUT2D eigenvalue weighted by Crippen LogP contribution is -2.06. The van der Waals surface area contributed by atoms with Gasteiger partial charge in [-0.25, -0.2) is 0 Å². The van der Waals surface area contributed by atoms with E-state index in [-0.39, 0.29) is 11.6 Å². The normalized spacial score (nSPS) is 10.9. The van der Waals surface area contributed by atoms with Gasteiger partial charge in [0.25, 0.3) is 0 Å². The average molecular weight is 262 g/mol. The zero-order valence-corrected chi connectivity index (χ0v) is 11.4. The Morgan fingerprint density at radius 2 is 0.900 bits per heavy atom.